The van der Waals surface area contributed by atoms with E-state index in [2.05, 4.69) is 12.2 Å². The number of hydrogen-bond acceptors (Lipinski definition) is 3. The standard InChI is InChI=1S/C14H21ClN2O2/c1-2-3-4-8-19-9-7-14(18)17-13-10-11(15)5-6-12(13)16/h5-6,10H,2-4,7-9,16H2,1H3,(H,17,18). The van der Waals surface area contributed by atoms with Crippen LogP contribution in [0, 0.1) is 0 Å². The van der Waals surface area contributed by atoms with Crippen LogP contribution in [0.2, 0.25) is 5.02 Å². The number of rotatable bonds is 8. The number of ether oxygens (including phenoxy) is 1. The van der Waals surface area contributed by atoms with Crippen LogP contribution >= 0.6 is 11.6 Å². The largest absolute Gasteiger partial charge is 0.397 e. The number of nitrogens with two attached hydrogens (primary N) is 1. The monoisotopic (exact) mass is 284 g/mol. The second-order valence-corrected chi connectivity index (χ2v) is 4.79. The molecule has 1 aromatic carbocycles. The topological polar surface area (TPSA) is 64.3 Å². The van der Waals surface area contributed by atoms with Crippen molar-refractivity contribution in [3.8, 4) is 0 Å². The molecule has 1 rings (SSSR count). The number of nitrogens with one attached hydrogen (secondary N) is 1. The molecule has 0 fully saturated rings. The highest BCUT2D eigenvalue weighted by Gasteiger charge is 2.05. The average Bonchev–Trinajstić information content (AvgIpc) is 2.38. The zero-order valence-electron chi connectivity index (χ0n) is 11.2. The molecule has 0 atom stereocenters. The summed E-state index contributed by atoms with van der Waals surface area (Å²) < 4.78 is 5.38. The minimum atomic E-state index is -0.121. The van der Waals surface area contributed by atoms with Crippen molar-refractivity contribution in [1.82, 2.24) is 0 Å². The molecule has 19 heavy (non-hydrogen) atoms. The Morgan fingerprint density at radius 2 is 2.16 bits per heavy atom. The molecular formula is C14H21ClN2O2. The molecule has 0 saturated heterocycles. The summed E-state index contributed by atoms with van der Waals surface area (Å²) in [5.74, 6) is -0.121. The molecule has 1 amide bonds. The van der Waals surface area contributed by atoms with Crippen LogP contribution in [0.25, 0.3) is 0 Å². The fourth-order valence-corrected chi connectivity index (χ4v) is 1.74. The van der Waals surface area contributed by atoms with Crippen LogP contribution in [0.5, 0.6) is 0 Å². The van der Waals surface area contributed by atoms with Crippen molar-refractivity contribution in [3.63, 3.8) is 0 Å². The Hall–Kier alpha value is -1.26. The molecule has 0 heterocycles. The van der Waals surface area contributed by atoms with Gasteiger partial charge in [0.15, 0.2) is 0 Å². The maximum Gasteiger partial charge on any atom is 0.226 e. The van der Waals surface area contributed by atoms with Gasteiger partial charge in [0.1, 0.15) is 0 Å². The van der Waals surface area contributed by atoms with Crippen LogP contribution in [-0.2, 0) is 9.53 Å². The van der Waals surface area contributed by atoms with Crippen LogP contribution < -0.4 is 11.1 Å². The van der Waals surface area contributed by atoms with Gasteiger partial charge in [-0.1, -0.05) is 31.4 Å². The number of amides is 1. The highest BCUT2D eigenvalue weighted by molar-refractivity contribution is 6.31. The summed E-state index contributed by atoms with van der Waals surface area (Å²) in [5, 5.41) is 3.27. The SMILES string of the molecule is CCCCCOCCC(=O)Nc1cc(Cl)ccc1N. The molecule has 3 N–H and O–H groups in total. The van der Waals surface area contributed by atoms with Gasteiger partial charge in [-0.15, -0.1) is 0 Å². The molecule has 0 bridgehead atoms. The first-order valence-corrected chi connectivity index (χ1v) is 6.94. The molecule has 0 aliphatic heterocycles. The fraction of sp³-hybridized carbons (Fsp3) is 0.500. The number of hydrogen-bond donors (Lipinski definition) is 2. The summed E-state index contributed by atoms with van der Waals surface area (Å²) in [7, 11) is 0. The van der Waals surface area contributed by atoms with Crippen molar-refractivity contribution in [2.24, 2.45) is 0 Å². The molecule has 5 heteroatoms. The van der Waals surface area contributed by atoms with Gasteiger partial charge >= 0.3 is 0 Å². The van der Waals surface area contributed by atoms with Gasteiger partial charge in [-0.2, -0.15) is 0 Å². The quantitative estimate of drug-likeness (QED) is 0.567. The van der Waals surface area contributed by atoms with Crippen molar-refractivity contribution in [1.29, 1.82) is 0 Å². The lowest BCUT2D eigenvalue weighted by atomic mass is 10.2. The Labute approximate surface area is 119 Å². The van der Waals surface area contributed by atoms with E-state index in [-0.39, 0.29) is 5.91 Å². The van der Waals surface area contributed by atoms with Gasteiger partial charge in [-0.05, 0) is 24.6 Å². The smallest absolute Gasteiger partial charge is 0.226 e. The minimum absolute atomic E-state index is 0.121. The number of halogens is 1. The molecule has 0 spiro atoms. The van der Waals surface area contributed by atoms with Gasteiger partial charge in [0.25, 0.3) is 0 Å². The summed E-state index contributed by atoms with van der Waals surface area (Å²) in [6.07, 6.45) is 3.68. The Balaban J connectivity index is 2.25. The second-order valence-electron chi connectivity index (χ2n) is 4.35. The highest BCUT2D eigenvalue weighted by atomic mass is 35.5. The van der Waals surface area contributed by atoms with Gasteiger partial charge < -0.3 is 15.8 Å². The predicted octanol–water partition coefficient (Wildman–Crippen LogP) is 3.46. The number of carbonyl (C=O) groups is 1. The number of benzene rings is 1. The van der Waals surface area contributed by atoms with E-state index in [0.29, 0.717) is 36.0 Å². The Morgan fingerprint density at radius 1 is 1.37 bits per heavy atom. The number of carbonyl (C=O) groups excluding carboxylic acids is 1. The van der Waals surface area contributed by atoms with Gasteiger partial charge in [0.2, 0.25) is 5.91 Å². The Bertz CT molecular complexity index is 410. The van der Waals surface area contributed by atoms with Crippen LogP contribution in [0.1, 0.15) is 32.6 Å². The lowest BCUT2D eigenvalue weighted by Gasteiger charge is -2.09. The van der Waals surface area contributed by atoms with E-state index in [1.54, 1.807) is 18.2 Å². The summed E-state index contributed by atoms with van der Waals surface area (Å²) in [6.45, 7) is 3.28. The molecular weight excluding hydrogens is 264 g/mol. The Morgan fingerprint density at radius 3 is 2.89 bits per heavy atom. The molecule has 0 saturated carbocycles. The van der Waals surface area contributed by atoms with Crippen molar-refractivity contribution in [2.75, 3.05) is 24.3 Å². The first-order valence-electron chi connectivity index (χ1n) is 6.56. The van der Waals surface area contributed by atoms with E-state index in [1.807, 2.05) is 0 Å². The molecule has 1 aromatic rings. The third-order valence-electron chi connectivity index (χ3n) is 2.66. The van der Waals surface area contributed by atoms with Crippen molar-refractivity contribution in [3.05, 3.63) is 23.2 Å². The third kappa shape index (κ3) is 6.45. The molecule has 0 aliphatic carbocycles. The van der Waals surface area contributed by atoms with Crippen LogP contribution in [0.3, 0.4) is 0 Å². The van der Waals surface area contributed by atoms with E-state index in [9.17, 15) is 4.79 Å². The third-order valence-corrected chi connectivity index (χ3v) is 2.89. The average molecular weight is 285 g/mol. The highest BCUT2D eigenvalue weighted by Crippen LogP contribution is 2.22. The van der Waals surface area contributed by atoms with Crippen LogP contribution in [0.4, 0.5) is 11.4 Å². The lowest BCUT2D eigenvalue weighted by molar-refractivity contribution is -0.117. The van der Waals surface area contributed by atoms with E-state index >= 15 is 0 Å². The van der Waals surface area contributed by atoms with Crippen molar-refractivity contribution >= 4 is 28.9 Å². The first-order chi connectivity index (χ1) is 9.13. The van der Waals surface area contributed by atoms with Crippen LogP contribution in [-0.4, -0.2) is 19.1 Å². The maximum absolute atomic E-state index is 11.7. The summed E-state index contributed by atoms with van der Waals surface area (Å²) >= 11 is 5.84. The molecule has 106 valence electrons. The fourth-order valence-electron chi connectivity index (χ4n) is 1.57. The van der Waals surface area contributed by atoms with Gasteiger partial charge in [-0.25, -0.2) is 0 Å². The van der Waals surface area contributed by atoms with Crippen molar-refractivity contribution in [2.45, 2.75) is 32.6 Å². The molecule has 0 radical (unpaired) electrons. The Kier molecular flexibility index (Phi) is 7.30. The van der Waals surface area contributed by atoms with E-state index in [1.165, 1.54) is 0 Å². The van der Waals surface area contributed by atoms with Gasteiger partial charge in [0, 0.05) is 11.6 Å². The summed E-state index contributed by atoms with van der Waals surface area (Å²) in [6, 6.07) is 4.99. The van der Waals surface area contributed by atoms with E-state index < -0.39 is 0 Å². The zero-order chi connectivity index (χ0) is 14.1. The molecule has 0 aliphatic rings. The number of anilines is 2. The number of unbranched alkanes of at least 4 members (excludes halogenated alkanes) is 2. The summed E-state index contributed by atoms with van der Waals surface area (Å²) in [5.41, 5.74) is 6.79. The maximum atomic E-state index is 11.7. The predicted molar refractivity (Wildman–Crippen MR) is 79.5 cm³/mol. The lowest BCUT2D eigenvalue weighted by Crippen LogP contribution is -2.15. The zero-order valence-corrected chi connectivity index (χ0v) is 12.0. The van der Waals surface area contributed by atoms with Crippen molar-refractivity contribution < 1.29 is 9.53 Å². The first kappa shape index (κ1) is 15.8. The van der Waals surface area contributed by atoms with Crippen LogP contribution in [0.15, 0.2) is 18.2 Å². The van der Waals surface area contributed by atoms with Gasteiger partial charge in [0.05, 0.1) is 24.4 Å². The molecule has 4 nitrogen and oxygen atoms in total. The minimum Gasteiger partial charge on any atom is -0.397 e. The molecule has 0 unspecified atom stereocenters. The van der Waals surface area contributed by atoms with E-state index in [0.717, 1.165) is 19.3 Å². The van der Waals surface area contributed by atoms with E-state index in [4.69, 9.17) is 22.1 Å². The molecule has 0 aromatic heterocycles. The normalized spacial score (nSPS) is 10.4. The summed E-state index contributed by atoms with van der Waals surface area (Å²) in [4.78, 5) is 11.7. The van der Waals surface area contributed by atoms with Gasteiger partial charge in [-0.3, -0.25) is 4.79 Å². The number of nitrogen functional groups attached to an aromatic ring is 1. The second kappa shape index (κ2) is 8.77.